The van der Waals surface area contributed by atoms with Gasteiger partial charge in [0.1, 0.15) is 12.9 Å². The standard InChI is InChI=1S/C9H19N7/c1-3-5-11-9(14-10)12-6-8-15-13-7-16(8)4-2/h7H,3-6,10H2,1-2H3,(H2,11,12,14). The summed E-state index contributed by atoms with van der Waals surface area (Å²) in [5.74, 6) is 6.74. The van der Waals surface area contributed by atoms with Gasteiger partial charge in [0.05, 0.1) is 0 Å². The highest BCUT2D eigenvalue weighted by molar-refractivity contribution is 5.79. The lowest BCUT2D eigenvalue weighted by atomic mass is 10.5. The number of hydrogen-bond acceptors (Lipinski definition) is 4. The highest BCUT2D eigenvalue weighted by Crippen LogP contribution is 1.96. The lowest BCUT2D eigenvalue weighted by Gasteiger charge is -2.07. The fourth-order valence-corrected chi connectivity index (χ4v) is 1.21. The number of guanidine groups is 1. The van der Waals surface area contributed by atoms with Crippen molar-refractivity contribution >= 4 is 5.96 Å². The Kier molecular flexibility index (Phi) is 5.27. The van der Waals surface area contributed by atoms with Crippen molar-refractivity contribution in [3.63, 3.8) is 0 Å². The molecule has 1 aromatic rings. The minimum atomic E-state index is 0.462. The second kappa shape index (κ2) is 6.78. The smallest absolute Gasteiger partial charge is 0.206 e. The molecule has 0 fully saturated rings. The predicted molar refractivity (Wildman–Crippen MR) is 62.5 cm³/mol. The van der Waals surface area contributed by atoms with Crippen LogP contribution in [0.1, 0.15) is 26.1 Å². The minimum Gasteiger partial charge on any atom is -0.355 e. The lowest BCUT2D eigenvalue weighted by Crippen LogP contribution is -2.41. The molecule has 0 saturated heterocycles. The Morgan fingerprint density at radius 2 is 2.38 bits per heavy atom. The Labute approximate surface area is 95.1 Å². The van der Waals surface area contributed by atoms with Crippen molar-refractivity contribution in [3.8, 4) is 0 Å². The average Bonchev–Trinajstić information content (AvgIpc) is 2.77. The number of rotatable bonds is 5. The van der Waals surface area contributed by atoms with E-state index in [0.29, 0.717) is 12.5 Å². The molecule has 0 aliphatic heterocycles. The summed E-state index contributed by atoms with van der Waals surface area (Å²) in [5.41, 5.74) is 2.52. The van der Waals surface area contributed by atoms with E-state index in [2.05, 4.69) is 32.9 Å². The summed E-state index contributed by atoms with van der Waals surface area (Å²) in [6, 6.07) is 0. The maximum absolute atomic E-state index is 5.34. The fourth-order valence-electron chi connectivity index (χ4n) is 1.21. The van der Waals surface area contributed by atoms with Crippen LogP contribution in [-0.2, 0) is 13.1 Å². The number of aryl methyl sites for hydroxylation is 1. The molecule has 1 aromatic heterocycles. The third kappa shape index (κ3) is 3.50. The normalized spacial score (nSPS) is 11.6. The molecular formula is C9H19N7. The van der Waals surface area contributed by atoms with Gasteiger partial charge in [-0.25, -0.2) is 10.8 Å². The van der Waals surface area contributed by atoms with Crippen molar-refractivity contribution in [2.24, 2.45) is 10.8 Å². The molecule has 1 heterocycles. The molecule has 0 aliphatic rings. The van der Waals surface area contributed by atoms with Crippen LogP contribution in [-0.4, -0.2) is 27.3 Å². The first kappa shape index (κ1) is 12.4. The van der Waals surface area contributed by atoms with E-state index in [4.69, 9.17) is 5.84 Å². The molecule has 0 saturated carbocycles. The molecule has 7 heteroatoms. The van der Waals surface area contributed by atoms with Gasteiger partial charge in [-0.2, -0.15) is 0 Å². The zero-order valence-electron chi connectivity index (χ0n) is 9.77. The van der Waals surface area contributed by atoms with Crippen LogP contribution in [0.25, 0.3) is 0 Å². The highest BCUT2D eigenvalue weighted by atomic mass is 15.3. The van der Waals surface area contributed by atoms with E-state index in [9.17, 15) is 0 Å². The molecule has 0 spiro atoms. The molecule has 0 unspecified atom stereocenters. The predicted octanol–water partition coefficient (Wildman–Crippen LogP) is -0.383. The van der Waals surface area contributed by atoms with Gasteiger partial charge >= 0.3 is 0 Å². The van der Waals surface area contributed by atoms with Crippen molar-refractivity contribution in [3.05, 3.63) is 12.2 Å². The van der Waals surface area contributed by atoms with Gasteiger partial charge in [0.15, 0.2) is 5.82 Å². The van der Waals surface area contributed by atoms with Gasteiger partial charge in [-0.05, 0) is 13.3 Å². The number of hydrogen-bond donors (Lipinski definition) is 3. The quantitative estimate of drug-likeness (QED) is 0.275. The summed E-state index contributed by atoms with van der Waals surface area (Å²) >= 11 is 0. The number of nitrogens with two attached hydrogens (primary N) is 1. The van der Waals surface area contributed by atoms with Gasteiger partial charge in [0.2, 0.25) is 5.96 Å². The molecule has 16 heavy (non-hydrogen) atoms. The maximum atomic E-state index is 5.34. The molecule has 0 amide bonds. The van der Waals surface area contributed by atoms with E-state index in [-0.39, 0.29) is 0 Å². The third-order valence-corrected chi connectivity index (χ3v) is 2.09. The molecule has 7 nitrogen and oxygen atoms in total. The van der Waals surface area contributed by atoms with Crippen molar-refractivity contribution in [2.75, 3.05) is 6.54 Å². The summed E-state index contributed by atoms with van der Waals surface area (Å²) < 4.78 is 1.94. The second-order valence-electron chi connectivity index (χ2n) is 3.27. The number of aromatic nitrogens is 3. The van der Waals surface area contributed by atoms with Crippen LogP contribution < -0.4 is 16.6 Å². The van der Waals surface area contributed by atoms with Crippen LogP contribution in [0, 0.1) is 0 Å². The van der Waals surface area contributed by atoms with Crippen molar-refractivity contribution in [1.29, 1.82) is 0 Å². The minimum absolute atomic E-state index is 0.462. The van der Waals surface area contributed by atoms with Gasteiger partial charge in [0, 0.05) is 13.1 Å². The van der Waals surface area contributed by atoms with Crippen LogP contribution >= 0.6 is 0 Å². The molecule has 0 atom stereocenters. The van der Waals surface area contributed by atoms with Crippen LogP contribution in [0.3, 0.4) is 0 Å². The average molecular weight is 225 g/mol. The fraction of sp³-hybridized carbons (Fsp3) is 0.667. The number of nitrogens with one attached hydrogen (secondary N) is 2. The molecule has 90 valence electrons. The van der Waals surface area contributed by atoms with Crippen LogP contribution in [0.15, 0.2) is 11.3 Å². The van der Waals surface area contributed by atoms with Gasteiger partial charge < -0.3 is 9.88 Å². The Morgan fingerprint density at radius 1 is 1.56 bits per heavy atom. The van der Waals surface area contributed by atoms with E-state index < -0.39 is 0 Å². The summed E-state index contributed by atoms with van der Waals surface area (Å²) in [6.07, 6.45) is 2.71. The Balaban J connectivity index is 2.55. The molecular weight excluding hydrogens is 206 g/mol. The first-order chi connectivity index (χ1) is 7.81. The molecule has 4 N–H and O–H groups in total. The summed E-state index contributed by atoms with van der Waals surface area (Å²) in [4.78, 5) is 4.28. The Hall–Kier alpha value is -1.63. The number of hydrazine groups is 1. The molecule has 0 radical (unpaired) electrons. The first-order valence-corrected chi connectivity index (χ1v) is 5.43. The van der Waals surface area contributed by atoms with Crippen molar-refractivity contribution < 1.29 is 0 Å². The first-order valence-electron chi connectivity index (χ1n) is 5.43. The van der Waals surface area contributed by atoms with Gasteiger partial charge in [-0.1, -0.05) is 6.92 Å². The zero-order valence-corrected chi connectivity index (χ0v) is 9.77. The van der Waals surface area contributed by atoms with Gasteiger partial charge in [-0.15, -0.1) is 10.2 Å². The number of nitrogens with zero attached hydrogens (tertiary/aromatic N) is 4. The Bertz CT molecular complexity index is 330. The summed E-state index contributed by atoms with van der Waals surface area (Å²) in [7, 11) is 0. The molecule has 0 bridgehead atoms. The maximum Gasteiger partial charge on any atom is 0.206 e. The SMILES string of the molecule is CCCNC(=NCc1nncn1CC)NN. The Morgan fingerprint density at radius 3 is 3.00 bits per heavy atom. The topological polar surface area (TPSA) is 93.1 Å². The summed E-state index contributed by atoms with van der Waals surface area (Å²) in [5, 5.41) is 10.9. The molecule has 1 rings (SSSR count). The number of aliphatic imine (C=N–C) groups is 1. The van der Waals surface area contributed by atoms with Crippen LogP contribution in [0.4, 0.5) is 0 Å². The summed E-state index contributed by atoms with van der Waals surface area (Å²) in [6.45, 7) is 6.25. The largest absolute Gasteiger partial charge is 0.355 e. The highest BCUT2D eigenvalue weighted by Gasteiger charge is 2.01. The van der Waals surface area contributed by atoms with Crippen LogP contribution in [0.5, 0.6) is 0 Å². The van der Waals surface area contributed by atoms with E-state index in [1.165, 1.54) is 0 Å². The lowest BCUT2D eigenvalue weighted by molar-refractivity contribution is 0.693. The monoisotopic (exact) mass is 225 g/mol. The van der Waals surface area contributed by atoms with E-state index in [1.807, 2.05) is 11.5 Å². The molecule has 0 aromatic carbocycles. The van der Waals surface area contributed by atoms with E-state index in [0.717, 1.165) is 25.3 Å². The van der Waals surface area contributed by atoms with Crippen molar-refractivity contribution in [1.82, 2.24) is 25.5 Å². The van der Waals surface area contributed by atoms with Gasteiger partial charge in [-0.3, -0.25) is 5.43 Å². The van der Waals surface area contributed by atoms with E-state index in [1.54, 1.807) is 6.33 Å². The second-order valence-corrected chi connectivity index (χ2v) is 3.27. The third-order valence-electron chi connectivity index (χ3n) is 2.09. The van der Waals surface area contributed by atoms with E-state index >= 15 is 0 Å². The molecule has 0 aliphatic carbocycles. The zero-order chi connectivity index (χ0) is 11.8. The van der Waals surface area contributed by atoms with Gasteiger partial charge in [0.25, 0.3) is 0 Å². The van der Waals surface area contributed by atoms with Crippen LogP contribution in [0.2, 0.25) is 0 Å². The van der Waals surface area contributed by atoms with Crippen molar-refractivity contribution in [2.45, 2.75) is 33.4 Å².